The smallest absolute Gasteiger partial charge is 0.275 e. The van der Waals surface area contributed by atoms with E-state index in [1.807, 2.05) is 0 Å². The molecular weight excluding hydrogens is 337 g/mol. The zero-order valence-corrected chi connectivity index (χ0v) is 11.8. The quantitative estimate of drug-likeness (QED) is 0.876. The van der Waals surface area contributed by atoms with Crippen molar-refractivity contribution >= 4 is 44.9 Å². The van der Waals surface area contributed by atoms with Crippen molar-refractivity contribution in [2.75, 3.05) is 11.1 Å². The van der Waals surface area contributed by atoms with E-state index in [0.29, 0.717) is 4.47 Å². The van der Waals surface area contributed by atoms with Crippen LogP contribution in [0.2, 0.25) is 5.02 Å². The van der Waals surface area contributed by atoms with E-state index in [1.54, 1.807) is 0 Å². The predicted octanol–water partition coefficient (Wildman–Crippen LogP) is 3.47. The summed E-state index contributed by atoms with van der Waals surface area (Å²) in [7, 11) is 0. The fourth-order valence-electron chi connectivity index (χ4n) is 1.39. The molecule has 1 amide bonds. The summed E-state index contributed by atoms with van der Waals surface area (Å²) >= 11 is 9.07. The second kappa shape index (κ2) is 5.54. The average Bonchev–Trinajstić information content (AvgIpc) is 2.36. The number of hydrogen-bond acceptors (Lipinski definition) is 3. The van der Waals surface area contributed by atoms with Gasteiger partial charge in [0.2, 0.25) is 0 Å². The summed E-state index contributed by atoms with van der Waals surface area (Å²) < 4.78 is 13.7. The van der Waals surface area contributed by atoms with Gasteiger partial charge < -0.3 is 11.1 Å². The predicted molar refractivity (Wildman–Crippen MR) is 75.7 cm³/mol. The van der Waals surface area contributed by atoms with E-state index >= 15 is 0 Å². The number of halogens is 3. The third kappa shape index (κ3) is 3.21. The number of carbonyl (C=O) groups excluding carboxylic acids is 1. The van der Waals surface area contributed by atoms with Gasteiger partial charge >= 0.3 is 0 Å². The van der Waals surface area contributed by atoms with Crippen LogP contribution in [0.25, 0.3) is 0 Å². The van der Waals surface area contributed by atoms with Crippen molar-refractivity contribution in [3.05, 3.63) is 51.3 Å². The summed E-state index contributed by atoms with van der Waals surface area (Å²) in [5.74, 6) is -0.860. The van der Waals surface area contributed by atoms with Crippen LogP contribution in [0, 0.1) is 5.82 Å². The first-order valence-corrected chi connectivity index (χ1v) is 6.33. The van der Waals surface area contributed by atoms with Crippen molar-refractivity contribution in [1.29, 1.82) is 0 Å². The van der Waals surface area contributed by atoms with Gasteiger partial charge in [-0.25, -0.2) is 9.37 Å². The number of pyridine rings is 1. The minimum absolute atomic E-state index is 0.0159. The van der Waals surface area contributed by atoms with Gasteiger partial charge in [0.05, 0.1) is 10.7 Å². The van der Waals surface area contributed by atoms with Crippen molar-refractivity contribution in [2.45, 2.75) is 0 Å². The van der Waals surface area contributed by atoms with Gasteiger partial charge in [-0.2, -0.15) is 0 Å². The molecular formula is C12H8BrClFN3O. The first-order chi connectivity index (χ1) is 8.97. The molecule has 0 saturated carbocycles. The number of amides is 1. The lowest BCUT2D eigenvalue weighted by molar-refractivity contribution is 0.102. The topological polar surface area (TPSA) is 68.0 Å². The Hall–Kier alpha value is -1.66. The highest BCUT2D eigenvalue weighted by atomic mass is 79.9. The number of carbonyl (C=O) groups is 1. The molecule has 0 spiro atoms. The van der Waals surface area contributed by atoms with Crippen LogP contribution in [0.1, 0.15) is 10.5 Å². The van der Waals surface area contributed by atoms with Gasteiger partial charge in [0, 0.05) is 4.47 Å². The molecule has 1 aromatic carbocycles. The van der Waals surface area contributed by atoms with Crippen LogP contribution < -0.4 is 11.1 Å². The maximum atomic E-state index is 13.1. The number of nitrogens with one attached hydrogen (secondary N) is 1. The zero-order valence-electron chi connectivity index (χ0n) is 9.45. The molecule has 0 aliphatic rings. The number of anilines is 2. The third-order valence-electron chi connectivity index (χ3n) is 2.26. The van der Waals surface area contributed by atoms with Gasteiger partial charge in [-0.05, 0) is 46.3 Å². The minimum Gasteiger partial charge on any atom is -0.384 e. The second-order valence-electron chi connectivity index (χ2n) is 3.64. The standard InChI is InChI=1S/C12H8BrClFN3O/c13-7-2-1-6(15)5-9(7)17-12(19)11-8(14)3-4-10(16)18-11/h1-5H,(H2,16,18)(H,17,19). The fraction of sp³-hybridized carbons (Fsp3) is 0. The molecule has 0 fully saturated rings. The first-order valence-electron chi connectivity index (χ1n) is 5.16. The lowest BCUT2D eigenvalue weighted by Gasteiger charge is -2.08. The molecule has 4 nitrogen and oxygen atoms in total. The van der Waals surface area contributed by atoms with Crippen LogP contribution in [-0.4, -0.2) is 10.9 Å². The number of aromatic nitrogens is 1. The molecule has 0 aliphatic heterocycles. The number of nitrogens with zero attached hydrogens (tertiary/aromatic N) is 1. The van der Waals surface area contributed by atoms with E-state index in [1.165, 1.54) is 30.3 Å². The molecule has 0 radical (unpaired) electrons. The summed E-state index contributed by atoms with van der Waals surface area (Å²) in [6.45, 7) is 0. The van der Waals surface area contributed by atoms with Crippen LogP contribution in [0.3, 0.4) is 0 Å². The van der Waals surface area contributed by atoms with E-state index in [0.717, 1.165) is 0 Å². The summed E-state index contributed by atoms with van der Waals surface area (Å²) in [5.41, 5.74) is 5.76. The Morgan fingerprint density at radius 3 is 2.84 bits per heavy atom. The largest absolute Gasteiger partial charge is 0.384 e. The minimum atomic E-state index is -0.566. The summed E-state index contributed by atoms with van der Waals surface area (Å²) in [5, 5.41) is 2.67. The van der Waals surface area contributed by atoms with Gasteiger partial charge in [0.15, 0.2) is 0 Å². The molecule has 2 rings (SSSR count). The lowest BCUT2D eigenvalue weighted by Crippen LogP contribution is -2.15. The highest BCUT2D eigenvalue weighted by Gasteiger charge is 2.14. The molecule has 1 heterocycles. The number of nitrogen functional groups attached to an aromatic ring is 1. The summed E-state index contributed by atoms with van der Waals surface area (Å²) in [4.78, 5) is 15.8. The summed E-state index contributed by atoms with van der Waals surface area (Å²) in [6.07, 6.45) is 0. The van der Waals surface area contributed by atoms with Crippen LogP contribution in [0.15, 0.2) is 34.8 Å². The molecule has 0 bridgehead atoms. The Kier molecular flexibility index (Phi) is 4.01. The fourth-order valence-corrected chi connectivity index (χ4v) is 1.93. The van der Waals surface area contributed by atoms with Crippen molar-refractivity contribution in [3.63, 3.8) is 0 Å². The highest BCUT2D eigenvalue weighted by Crippen LogP contribution is 2.24. The van der Waals surface area contributed by atoms with Gasteiger partial charge in [-0.1, -0.05) is 11.6 Å². The number of hydrogen-bond donors (Lipinski definition) is 2. The highest BCUT2D eigenvalue weighted by molar-refractivity contribution is 9.10. The SMILES string of the molecule is Nc1ccc(Cl)c(C(=O)Nc2cc(F)ccc2Br)n1. The van der Waals surface area contributed by atoms with E-state index in [2.05, 4.69) is 26.2 Å². The number of nitrogens with two attached hydrogens (primary N) is 1. The monoisotopic (exact) mass is 343 g/mol. The molecule has 7 heteroatoms. The molecule has 0 aliphatic carbocycles. The Bertz CT molecular complexity index is 651. The molecule has 19 heavy (non-hydrogen) atoms. The molecule has 0 unspecified atom stereocenters. The lowest BCUT2D eigenvalue weighted by atomic mass is 10.3. The van der Waals surface area contributed by atoms with Crippen LogP contribution in [-0.2, 0) is 0 Å². The average molecular weight is 345 g/mol. The van der Waals surface area contributed by atoms with E-state index < -0.39 is 11.7 Å². The first kappa shape index (κ1) is 13.8. The Balaban J connectivity index is 2.30. The van der Waals surface area contributed by atoms with Crippen LogP contribution in [0.4, 0.5) is 15.9 Å². The molecule has 0 saturated heterocycles. The zero-order chi connectivity index (χ0) is 14.0. The molecule has 3 N–H and O–H groups in total. The van der Waals surface area contributed by atoms with Crippen LogP contribution >= 0.6 is 27.5 Å². The molecule has 1 aromatic heterocycles. The third-order valence-corrected chi connectivity index (χ3v) is 3.26. The maximum Gasteiger partial charge on any atom is 0.275 e. The van der Waals surface area contributed by atoms with Crippen molar-refractivity contribution < 1.29 is 9.18 Å². The van der Waals surface area contributed by atoms with Gasteiger partial charge in [0.1, 0.15) is 17.3 Å². The number of benzene rings is 1. The number of rotatable bonds is 2. The second-order valence-corrected chi connectivity index (χ2v) is 4.91. The van der Waals surface area contributed by atoms with Crippen molar-refractivity contribution in [1.82, 2.24) is 4.98 Å². The molecule has 98 valence electrons. The van der Waals surface area contributed by atoms with Crippen LogP contribution in [0.5, 0.6) is 0 Å². The van der Waals surface area contributed by atoms with E-state index in [4.69, 9.17) is 17.3 Å². The van der Waals surface area contributed by atoms with Gasteiger partial charge in [-0.3, -0.25) is 4.79 Å². The van der Waals surface area contributed by atoms with Gasteiger partial charge in [0.25, 0.3) is 5.91 Å². The summed E-state index contributed by atoms with van der Waals surface area (Å²) in [6, 6.07) is 6.89. The Morgan fingerprint density at radius 1 is 1.37 bits per heavy atom. The Morgan fingerprint density at radius 2 is 2.11 bits per heavy atom. The normalized spacial score (nSPS) is 10.3. The molecule has 2 aromatic rings. The maximum absolute atomic E-state index is 13.1. The van der Waals surface area contributed by atoms with E-state index in [-0.39, 0.29) is 22.2 Å². The van der Waals surface area contributed by atoms with Gasteiger partial charge in [-0.15, -0.1) is 0 Å². The van der Waals surface area contributed by atoms with Crippen molar-refractivity contribution in [3.8, 4) is 0 Å². The van der Waals surface area contributed by atoms with Crippen molar-refractivity contribution in [2.24, 2.45) is 0 Å². The van der Waals surface area contributed by atoms with E-state index in [9.17, 15) is 9.18 Å². The molecule has 0 atom stereocenters. The Labute approximate surface area is 121 Å².